The first-order valence-electron chi connectivity index (χ1n) is 8.46. The van der Waals surface area contributed by atoms with Crippen LogP contribution in [0.4, 0.5) is 0 Å². The fraction of sp³-hybridized carbons (Fsp3) is 0.875. The van der Waals surface area contributed by atoms with E-state index in [1.54, 1.807) is 21.2 Å². The molecule has 1 saturated heterocycles. The predicted octanol–water partition coefficient (Wildman–Crippen LogP) is 1.22. The van der Waals surface area contributed by atoms with Crippen LogP contribution in [0.25, 0.3) is 0 Å². The third-order valence-corrected chi connectivity index (χ3v) is 3.74. The second kappa shape index (κ2) is 14.7. The van der Waals surface area contributed by atoms with Crippen LogP contribution >= 0.6 is 24.0 Å². The van der Waals surface area contributed by atoms with Gasteiger partial charge in [-0.3, -0.25) is 4.79 Å². The van der Waals surface area contributed by atoms with E-state index in [0.717, 1.165) is 26.0 Å². The highest BCUT2D eigenvalue weighted by atomic mass is 127. The van der Waals surface area contributed by atoms with Gasteiger partial charge in [0.2, 0.25) is 5.91 Å². The number of hydrogen-bond donors (Lipinski definition) is 2. The normalized spacial score (nSPS) is 17.8. The second-order valence-electron chi connectivity index (χ2n) is 5.93. The molecule has 1 amide bonds. The molecular formula is C16H33IN4O3. The van der Waals surface area contributed by atoms with Crippen molar-refractivity contribution in [3.8, 4) is 0 Å². The monoisotopic (exact) mass is 456 g/mol. The first-order valence-corrected chi connectivity index (χ1v) is 8.46. The minimum absolute atomic E-state index is 0. The molecule has 1 fully saturated rings. The zero-order chi connectivity index (χ0) is 16.9. The molecule has 7 nitrogen and oxygen atoms in total. The summed E-state index contributed by atoms with van der Waals surface area (Å²) in [5, 5.41) is 6.43. The van der Waals surface area contributed by atoms with Crippen molar-refractivity contribution >= 4 is 35.8 Å². The Labute approximate surface area is 162 Å². The second-order valence-corrected chi connectivity index (χ2v) is 5.93. The molecule has 1 rings (SSSR count). The van der Waals surface area contributed by atoms with E-state index in [9.17, 15) is 4.79 Å². The van der Waals surface area contributed by atoms with Crippen molar-refractivity contribution in [2.24, 2.45) is 4.99 Å². The molecule has 0 bridgehead atoms. The van der Waals surface area contributed by atoms with Crippen LogP contribution in [0, 0.1) is 0 Å². The Morgan fingerprint density at radius 2 is 2.04 bits per heavy atom. The van der Waals surface area contributed by atoms with Crippen LogP contribution in [-0.2, 0) is 14.3 Å². The Morgan fingerprint density at radius 3 is 2.67 bits per heavy atom. The average Bonchev–Trinajstić information content (AvgIpc) is 2.56. The molecule has 142 valence electrons. The Balaban J connectivity index is 0.00000529. The van der Waals surface area contributed by atoms with Crippen LogP contribution in [0.3, 0.4) is 0 Å². The van der Waals surface area contributed by atoms with E-state index in [0.29, 0.717) is 25.2 Å². The van der Waals surface area contributed by atoms with E-state index in [-0.39, 0.29) is 36.4 Å². The number of halogens is 1. The number of nitrogens with zero attached hydrogens (tertiary/aromatic N) is 2. The van der Waals surface area contributed by atoms with Gasteiger partial charge in [0.05, 0.1) is 12.7 Å². The molecule has 1 aliphatic rings. The maximum atomic E-state index is 11.6. The summed E-state index contributed by atoms with van der Waals surface area (Å²) in [5.41, 5.74) is 0. The Morgan fingerprint density at radius 1 is 1.29 bits per heavy atom. The van der Waals surface area contributed by atoms with Gasteiger partial charge in [0.25, 0.3) is 0 Å². The standard InChI is InChI=1S/C16H32N4O3.HI/c1-20(2)15(21)13-19-16(18-10-12-22-3)17-9-6-8-14-7-4-5-11-23-14;/h14H,4-13H2,1-3H3,(H2,17,18,19);1H. The largest absolute Gasteiger partial charge is 0.383 e. The number of amides is 1. The zero-order valence-electron chi connectivity index (χ0n) is 15.2. The summed E-state index contributed by atoms with van der Waals surface area (Å²) in [6.45, 7) is 3.11. The highest BCUT2D eigenvalue weighted by Gasteiger charge is 2.13. The van der Waals surface area contributed by atoms with E-state index in [2.05, 4.69) is 15.6 Å². The molecule has 24 heavy (non-hydrogen) atoms. The molecule has 0 saturated carbocycles. The number of hydrogen-bond acceptors (Lipinski definition) is 4. The van der Waals surface area contributed by atoms with E-state index in [4.69, 9.17) is 9.47 Å². The highest BCUT2D eigenvalue weighted by molar-refractivity contribution is 14.0. The average molecular weight is 456 g/mol. The Bertz CT molecular complexity index is 361. The lowest BCUT2D eigenvalue weighted by atomic mass is 10.0. The summed E-state index contributed by atoms with van der Waals surface area (Å²) in [4.78, 5) is 17.5. The first-order chi connectivity index (χ1) is 11.1. The topological polar surface area (TPSA) is 75.2 Å². The number of guanidine groups is 1. The van der Waals surface area contributed by atoms with E-state index < -0.39 is 0 Å². The zero-order valence-corrected chi connectivity index (χ0v) is 17.5. The van der Waals surface area contributed by atoms with Gasteiger partial charge in [0.15, 0.2) is 5.96 Å². The SMILES string of the molecule is COCCNC(=NCC(=O)N(C)C)NCCCC1CCCCO1.I. The maximum absolute atomic E-state index is 11.6. The molecule has 0 aromatic rings. The lowest BCUT2D eigenvalue weighted by Gasteiger charge is -2.22. The van der Waals surface area contributed by atoms with Gasteiger partial charge < -0.3 is 25.0 Å². The minimum atomic E-state index is -0.0200. The molecule has 2 N–H and O–H groups in total. The van der Waals surface area contributed by atoms with Gasteiger partial charge >= 0.3 is 0 Å². The van der Waals surface area contributed by atoms with Crippen molar-refractivity contribution in [3.63, 3.8) is 0 Å². The fourth-order valence-corrected chi connectivity index (χ4v) is 2.31. The van der Waals surface area contributed by atoms with Crippen molar-refractivity contribution in [1.29, 1.82) is 0 Å². The molecule has 8 heteroatoms. The van der Waals surface area contributed by atoms with Gasteiger partial charge in [-0.25, -0.2) is 4.99 Å². The van der Waals surface area contributed by atoms with Crippen molar-refractivity contribution < 1.29 is 14.3 Å². The summed E-state index contributed by atoms with van der Waals surface area (Å²) in [6.07, 6.45) is 6.13. The molecule has 0 spiro atoms. The van der Waals surface area contributed by atoms with Gasteiger partial charge in [0, 0.05) is 40.9 Å². The van der Waals surface area contributed by atoms with Gasteiger partial charge in [-0.2, -0.15) is 0 Å². The number of carbonyl (C=O) groups is 1. The summed E-state index contributed by atoms with van der Waals surface area (Å²) < 4.78 is 10.8. The number of carbonyl (C=O) groups excluding carboxylic acids is 1. The highest BCUT2D eigenvalue weighted by Crippen LogP contribution is 2.16. The van der Waals surface area contributed by atoms with Crippen LogP contribution in [0.15, 0.2) is 4.99 Å². The Kier molecular flexibility index (Phi) is 14.3. The van der Waals surface area contributed by atoms with E-state index in [1.165, 1.54) is 24.2 Å². The van der Waals surface area contributed by atoms with Crippen LogP contribution in [0.1, 0.15) is 32.1 Å². The Hall–Kier alpha value is -0.610. The molecule has 0 aromatic heterocycles. The smallest absolute Gasteiger partial charge is 0.243 e. The first kappa shape index (κ1) is 23.4. The van der Waals surface area contributed by atoms with Crippen molar-refractivity contribution in [2.45, 2.75) is 38.2 Å². The number of methoxy groups -OCH3 is 1. The van der Waals surface area contributed by atoms with E-state index in [1.807, 2.05) is 0 Å². The summed E-state index contributed by atoms with van der Waals surface area (Å²) >= 11 is 0. The number of nitrogens with one attached hydrogen (secondary N) is 2. The van der Waals surface area contributed by atoms with Gasteiger partial charge in [-0.15, -0.1) is 24.0 Å². The molecule has 1 heterocycles. The number of rotatable bonds is 9. The van der Waals surface area contributed by atoms with Gasteiger partial charge in [-0.1, -0.05) is 0 Å². The van der Waals surface area contributed by atoms with E-state index >= 15 is 0 Å². The number of ether oxygens (including phenoxy) is 2. The molecule has 1 aliphatic heterocycles. The quantitative estimate of drug-likeness (QED) is 0.236. The molecule has 1 unspecified atom stereocenters. The summed E-state index contributed by atoms with van der Waals surface area (Å²) in [6, 6.07) is 0. The third kappa shape index (κ3) is 11.0. The lowest BCUT2D eigenvalue weighted by molar-refractivity contribution is -0.127. The van der Waals surface area contributed by atoms with Gasteiger partial charge in [-0.05, 0) is 32.1 Å². The van der Waals surface area contributed by atoms with Crippen LogP contribution in [0.5, 0.6) is 0 Å². The maximum Gasteiger partial charge on any atom is 0.243 e. The van der Waals surface area contributed by atoms with Crippen LogP contribution in [0.2, 0.25) is 0 Å². The molecular weight excluding hydrogens is 423 g/mol. The van der Waals surface area contributed by atoms with Gasteiger partial charge in [0.1, 0.15) is 6.54 Å². The number of likely N-dealkylation sites (N-methyl/N-ethyl adjacent to an activating group) is 1. The third-order valence-electron chi connectivity index (χ3n) is 3.74. The lowest BCUT2D eigenvalue weighted by Crippen LogP contribution is -2.40. The molecule has 0 aliphatic carbocycles. The van der Waals surface area contributed by atoms with Crippen LogP contribution < -0.4 is 10.6 Å². The fourth-order valence-electron chi connectivity index (χ4n) is 2.31. The minimum Gasteiger partial charge on any atom is -0.383 e. The van der Waals surface area contributed by atoms with Crippen LogP contribution in [-0.4, -0.2) is 76.9 Å². The number of aliphatic imine (C=N–C) groups is 1. The predicted molar refractivity (Wildman–Crippen MR) is 107 cm³/mol. The van der Waals surface area contributed by atoms with Crippen molar-refractivity contribution in [3.05, 3.63) is 0 Å². The molecule has 1 atom stereocenters. The molecule has 0 radical (unpaired) electrons. The summed E-state index contributed by atoms with van der Waals surface area (Å²) in [5.74, 6) is 0.634. The molecule has 0 aromatic carbocycles. The summed E-state index contributed by atoms with van der Waals surface area (Å²) in [7, 11) is 5.12. The van der Waals surface area contributed by atoms with Crippen molar-refractivity contribution in [1.82, 2.24) is 15.5 Å². The van der Waals surface area contributed by atoms with Crippen molar-refractivity contribution in [2.75, 3.05) is 54.1 Å².